The highest BCUT2D eigenvalue weighted by Crippen LogP contribution is 2.45. The van der Waals surface area contributed by atoms with Crippen molar-refractivity contribution in [1.82, 2.24) is 5.32 Å². The number of nitrogens with one attached hydrogen (secondary N) is 1. The van der Waals surface area contributed by atoms with Gasteiger partial charge in [-0.25, -0.2) is 0 Å². The molecule has 2 atom stereocenters. The lowest BCUT2D eigenvalue weighted by Crippen LogP contribution is -2.56. The van der Waals surface area contributed by atoms with E-state index in [4.69, 9.17) is 0 Å². The van der Waals surface area contributed by atoms with Gasteiger partial charge in [0.25, 0.3) is 5.91 Å². The predicted octanol–water partition coefficient (Wildman–Crippen LogP) is 3.78. The molecule has 0 saturated heterocycles. The van der Waals surface area contributed by atoms with Gasteiger partial charge in [0.1, 0.15) is 0 Å². The number of fused-ring (bicyclic) bond motifs is 1. The van der Waals surface area contributed by atoms with Crippen LogP contribution in [0.25, 0.3) is 0 Å². The number of thioether (sulfide) groups is 1. The molecular weight excluding hydrogens is 332 g/mol. The quantitative estimate of drug-likeness (QED) is 0.850. The van der Waals surface area contributed by atoms with E-state index >= 15 is 0 Å². The number of amides is 2. The fourth-order valence-corrected chi connectivity index (χ4v) is 4.23. The molecule has 0 radical (unpaired) electrons. The summed E-state index contributed by atoms with van der Waals surface area (Å²) in [5, 5.41) is 3.00. The average molecular weight is 354 g/mol. The van der Waals surface area contributed by atoms with Crippen LogP contribution in [0.2, 0.25) is 0 Å². The molecule has 2 aromatic rings. The number of para-hydroxylation sites is 1. The Hall–Kier alpha value is -2.27. The van der Waals surface area contributed by atoms with Crippen molar-refractivity contribution < 1.29 is 9.59 Å². The summed E-state index contributed by atoms with van der Waals surface area (Å²) in [6.45, 7) is 6.11. The van der Waals surface area contributed by atoms with Crippen LogP contribution in [0.5, 0.6) is 0 Å². The lowest BCUT2D eigenvalue weighted by molar-refractivity contribution is -0.131. The van der Waals surface area contributed by atoms with E-state index in [0.717, 1.165) is 16.1 Å². The molecule has 1 aliphatic heterocycles. The highest BCUT2D eigenvalue weighted by Gasteiger charge is 2.49. The topological polar surface area (TPSA) is 49.4 Å². The number of carbonyl (C=O) groups excluding carboxylic acids is 2. The van der Waals surface area contributed by atoms with Gasteiger partial charge in [0, 0.05) is 11.4 Å². The smallest absolute Gasteiger partial charge is 0.252 e. The van der Waals surface area contributed by atoms with Gasteiger partial charge in [-0.15, -0.1) is 0 Å². The number of benzene rings is 2. The Morgan fingerprint density at radius 2 is 1.80 bits per heavy atom. The molecule has 2 aromatic carbocycles. The van der Waals surface area contributed by atoms with Crippen LogP contribution in [0, 0.1) is 0 Å². The molecule has 2 amide bonds. The first-order chi connectivity index (χ1) is 12.0. The zero-order valence-corrected chi connectivity index (χ0v) is 15.5. The van der Waals surface area contributed by atoms with E-state index in [2.05, 4.69) is 5.32 Å². The molecule has 0 spiro atoms. The molecule has 0 aromatic heterocycles. The second-order valence-corrected chi connectivity index (χ2v) is 7.72. The SMILES string of the molecule is CCN1C(=O)C(C)(C(=O)NC(C)c2ccccc2)Sc2ccccc21. The highest BCUT2D eigenvalue weighted by atomic mass is 32.2. The number of nitrogens with zero attached hydrogens (tertiary/aromatic N) is 1. The van der Waals surface area contributed by atoms with Gasteiger partial charge >= 0.3 is 0 Å². The summed E-state index contributed by atoms with van der Waals surface area (Å²) in [5.74, 6) is -0.428. The third-order valence-electron chi connectivity index (χ3n) is 4.52. The third-order valence-corrected chi connectivity index (χ3v) is 5.85. The fourth-order valence-electron chi connectivity index (χ4n) is 3.01. The van der Waals surface area contributed by atoms with Crippen molar-refractivity contribution in [3.63, 3.8) is 0 Å². The summed E-state index contributed by atoms with van der Waals surface area (Å²) in [6, 6.07) is 17.3. The summed E-state index contributed by atoms with van der Waals surface area (Å²) >= 11 is 1.33. The van der Waals surface area contributed by atoms with Crippen molar-refractivity contribution in [2.75, 3.05) is 11.4 Å². The van der Waals surface area contributed by atoms with Crippen molar-refractivity contribution in [2.24, 2.45) is 0 Å². The Balaban J connectivity index is 1.88. The maximum absolute atomic E-state index is 13.0. The maximum atomic E-state index is 13.0. The van der Waals surface area contributed by atoms with Crippen molar-refractivity contribution in [2.45, 2.75) is 36.5 Å². The lowest BCUT2D eigenvalue weighted by atomic mass is 10.0. The summed E-state index contributed by atoms with van der Waals surface area (Å²) < 4.78 is -1.17. The minimum atomic E-state index is -1.17. The molecule has 3 rings (SSSR count). The van der Waals surface area contributed by atoms with Gasteiger partial charge in [-0.3, -0.25) is 9.59 Å². The molecule has 0 bridgehead atoms. The van der Waals surface area contributed by atoms with Crippen molar-refractivity contribution in [3.8, 4) is 0 Å². The van der Waals surface area contributed by atoms with E-state index in [9.17, 15) is 9.59 Å². The summed E-state index contributed by atoms with van der Waals surface area (Å²) in [7, 11) is 0. The first-order valence-electron chi connectivity index (χ1n) is 8.43. The number of hydrogen-bond donors (Lipinski definition) is 1. The molecule has 0 fully saturated rings. The van der Waals surface area contributed by atoms with Gasteiger partial charge < -0.3 is 10.2 Å². The molecule has 5 heteroatoms. The molecule has 130 valence electrons. The van der Waals surface area contributed by atoms with Gasteiger partial charge in [-0.2, -0.15) is 0 Å². The Labute approximate surface area is 152 Å². The second-order valence-electron chi connectivity index (χ2n) is 6.26. The van der Waals surface area contributed by atoms with Crippen LogP contribution in [-0.2, 0) is 9.59 Å². The third kappa shape index (κ3) is 3.16. The minimum Gasteiger partial charge on any atom is -0.348 e. The van der Waals surface area contributed by atoms with E-state index < -0.39 is 4.75 Å². The van der Waals surface area contributed by atoms with Gasteiger partial charge in [0.2, 0.25) is 5.91 Å². The number of hydrogen-bond acceptors (Lipinski definition) is 3. The molecule has 2 unspecified atom stereocenters. The van der Waals surface area contributed by atoms with E-state index in [-0.39, 0.29) is 17.9 Å². The summed E-state index contributed by atoms with van der Waals surface area (Å²) in [5.41, 5.74) is 1.89. The Morgan fingerprint density at radius 1 is 1.16 bits per heavy atom. The van der Waals surface area contributed by atoms with Crippen LogP contribution >= 0.6 is 11.8 Å². The zero-order chi connectivity index (χ0) is 18.0. The number of rotatable bonds is 4. The molecule has 4 nitrogen and oxygen atoms in total. The molecule has 1 aliphatic rings. The van der Waals surface area contributed by atoms with Gasteiger partial charge in [0.15, 0.2) is 4.75 Å². The van der Waals surface area contributed by atoms with Crippen LogP contribution in [-0.4, -0.2) is 23.1 Å². The molecule has 25 heavy (non-hydrogen) atoms. The lowest BCUT2D eigenvalue weighted by Gasteiger charge is -2.38. The molecule has 1 heterocycles. The van der Waals surface area contributed by atoms with Crippen LogP contribution < -0.4 is 10.2 Å². The Bertz CT molecular complexity index is 793. The van der Waals surface area contributed by atoms with Gasteiger partial charge in [-0.1, -0.05) is 54.2 Å². The largest absolute Gasteiger partial charge is 0.348 e. The highest BCUT2D eigenvalue weighted by molar-refractivity contribution is 8.02. The van der Waals surface area contributed by atoms with E-state index in [1.165, 1.54) is 11.8 Å². The van der Waals surface area contributed by atoms with Crippen molar-refractivity contribution in [3.05, 3.63) is 60.2 Å². The molecule has 1 N–H and O–H groups in total. The summed E-state index contributed by atoms with van der Waals surface area (Å²) in [6.07, 6.45) is 0. The second kappa shape index (κ2) is 6.92. The zero-order valence-electron chi connectivity index (χ0n) is 14.7. The minimum absolute atomic E-state index is 0.161. The summed E-state index contributed by atoms with van der Waals surface area (Å²) in [4.78, 5) is 28.7. The van der Waals surface area contributed by atoms with Gasteiger partial charge in [0.05, 0.1) is 11.7 Å². The first kappa shape index (κ1) is 17.5. The molecular formula is C20H22N2O2S. The number of anilines is 1. The van der Waals surface area contributed by atoms with E-state index in [1.807, 2.05) is 68.4 Å². The Kier molecular flexibility index (Phi) is 4.86. The average Bonchev–Trinajstić information content (AvgIpc) is 2.63. The van der Waals surface area contributed by atoms with Crippen LogP contribution in [0.4, 0.5) is 5.69 Å². The molecule has 0 aliphatic carbocycles. The normalized spacial score (nSPS) is 20.8. The Morgan fingerprint density at radius 3 is 2.48 bits per heavy atom. The first-order valence-corrected chi connectivity index (χ1v) is 9.25. The standard InChI is InChI=1S/C20H22N2O2S/c1-4-22-16-12-8-9-13-17(16)25-20(3,19(22)24)18(23)21-14(2)15-10-6-5-7-11-15/h5-14H,4H2,1-3H3,(H,21,23). The van der Waals surface area contributed by atoms with Crippen LogP contribution in [0.1, 0.15) is 32.4 Å². The molecule has 0 saturated carbocycles. The van der Waals surface area contributed by atoms with E-state index in [1.54, 1.807) is 11.8 Å². The van der Waals surface area contributed by atoms with Crippen molar-refractivity contribution in [1.29, 1.82) is 0 Å². The van der Waals surface area contributed by atoms with Crippen molar-refractivity contribution >= 4 is 29.3 Å². The van der Waals surface area contributed by atoms with Crippen LogP contribution in [0.15, 0.2) is 59.5 Å². The fraction of sp³-hybridized carbons (Fsp3) is 0.300. The number of carbonyl (C=O) groups is 2. The predicted molar refractivity (Wildman–Crippen MR) is 102 cm³/mol. The maximum Gasteiger partial charge on any atom is 0.252 e. The van der Waals surface area contributed by atoms with Gasteiger partial charge in [-0.05, 0) is 38.5 Å². The van der Waals surface area contributed by atoms with E-state index in [0.29, 0.717) is 6.54 Å². The van der Waals surface area contributed by atoms with Crippen LogP contribution in [0.3, 0.4) is 0 Å². The monoisotopic (exact) mass is 354 g/mol.